The summed E-state index contributed by atoms with van der Waals surface area (Å²) in [6.07, 6.45) is 2.02. The van der Waals surface area contributed by atoms with Gasteiger partial charge in [0.1, 0.15) is 5.69 Å². The van der Waals surface area contributed by atoms with Crippen molar-refractivity contribution in [1.29, 1.82) is 0 Å². The van der Waals surface area contributed by atoms with Crippen molar-refractivity contribution in [3.05, 3.63) is 73.3 Å². The molecule has 3 aromatic heterocycles. The van der Waals surface area contributed by atoms with Crippen LogP contribution in [0.3, 0.4) is 0 Å². The first kappa shape index (κ1) is 23.0. The summed E-state index contributed by atoms with van der Waals surface area (Å²) in [7, 11) is 1.84. The number of aromatic nitrogens is 4. The maximum atomic E-state index is 13.0. The molecule has 9 heteroatoms. The van der Waals surface area contributed by atoms with Crippen LogP contribution in [0.5, 0.6) is 0 Å². The lowest BCUT2D eigenvalue weighted by Crippen LogP contribution is -2.14. The summed E-state index contributed by atoms with van der Waals surface area (Å²) in [4.78, 5) is 27.5. The fourth-order valence-electron chi connectivity index (χ4n) is 4.52. The number of aromatic amines is 1. The molecule has 3 N–H and O–H groups in total. The van der Waals surface area contributed by atoms with Crippen LogP contribution in [-0.2, 0) is 19.9 Å². The fourth-order valence-corrected chi connectivity index (χ4v) is 5.85. The average Bonchev–Trinajstić information content (AvgIpc) is 3.41. The number of amides is 1. The molecule has 1 aliphatic carbocycles. The fraction of sp³-hybridized carbons (Fsp3) is 0.308. The first-order chi connectivity index (χ1) is 16.6. The number of hydrogen-bond donors (Lipinski definition) is 3. The van der Waals surface area contributed by atoms with Crippen LogP contribution in [0.25, 0.3) is 11.3 Å². The lowest BCUT2D eigenvalue weighted by atomic mass is 9.91. The van der Waals surface area contributed by atoms with Crippen molar-refractivity contribution in [2.45, 2.75) is 40.5 Å². The number of nitrogens with one attached hydrogen (secondary N) is 3. The van der Waals surface area contributed by atoms with Gasteiger partial charge in [-0.15, -0.1) is 11.3 Å². The first-order valence-electron chi connectivity index (χ1n) is 11.5. The molecule has 0 fully saturated rings. The van der Waals surface area contributed by atoms with Gasteiger partial charge in [-0.1, -0.05) is 26.0 Å². The number of anilines is 3. The summed E-state index contributed by atoms with van der Waals surface area (Å²) in [5, 5.41) is 17.3. The van der Waals surface area contributed by atoms with Crippen LogP contribution >= 0.6 is 11.3 Å². The van der Waals surface area contributed by atoms with Gasteiger partial charge in [0.2, 0.25) is 0 Å². The van der Waals surface area contributed by atoms with Gasteiger partial charge in [-0.3, -0.25) is 14.3 Å². The van der Waals surface area contributed by atoms with Crippen LogP contribution in [0.4, 0.5) is 17.2 Å². The predicted octanol–water partition coefficient (Wildman–Crippen LogP) is 4.97. The van der Waals surface area contributed by atoms with E-state index in [4.69, 9.17) is 0 Å². The van der Waals surface area contributed by atoms with Crippen molar-refractivity contribution < 1.29 is 4.79 Å². The minimum absolute atomic E-state index is 0.107. The van der Waals surface area contributed by atoms with E-state index >= 15 is 0 Å². The SMILES string of the molecule is Cc1c(NC(=O)c2cc3c(s2)CC(C)(C)C3)cccc1-c1cc(Nc2cc(C)n(C)n2)c(=O)[nH]n1. The van der Waals surface area contributed by atoms with E-state index in [1.165, 1.54) is 10.4 Å². The summed E-state index contributed by atoms with van der Waals surface area (Å²) < 4.78 is 1.73. The molecule has 8 nitrogen and oxygen atoms in total. The summed E-state index contributed by atoms with van der Waals surface area (Å²) in [6, 6.07) is 11.3. The molecule has 0 atom stereocenters. The Labute approximate surface area is 207 Å². The third-order valence-electron chi connectivity index (χ3n) is 6.47. The Morgan fingerprint density at radius 1 is 1.14 bits per heavy atom. The lowest BCUT2D eigenvalue weighted by molar-refractivity contribution is 0.103. The molecule has 5 rings (SSSR count). The van der Waals surface area contributed by atoms with Crippen LogP contribution in [0.15, 0.2) is 41.2 Å². The zero-order valence-electron chi connectivity index (χ0n) is 20.4. The van der Waals surface area contributed by atoms with Crippen LogP contribution < -0.4 is 16.2 Å². The van der Waals surface area contributed by atoms with E-state index in [0.717, 1.165) is 34.5 Å². The van der Waals surface area contributed by atoms with Gasteiger partial charge in [0, 0.05) is 34.9 Å². The zero-order chi connectivity index (χ0) is 24.9. The van der Waals surface area contributed by atoms with Crippen molar-refractivity contribution >= 4 is 34.4 Å². The summed E-state index contributed by atoms with van der Waals surface area (Å²) in [6.45, 7) is 8.40. The van der Waals surface area contributed by atoms with Crippen LogP contribution in [0, 0.1) is 19.3 Å². The van der Waals surface area contributed by atoms with Gasteiger partial charge in [0.05, 0.1) is 10.6 Å². The minimum Gasteiger partial charge on any atom is -0.334 e. The Balaban J connectivity index is 1.39. The maximum Gasteiger partial charge on any atom is 0.287 e. The Hall–Kier alpha value is -3.72. The van der Waals surface area contributed by atoms with Crippen molar-refractivity contribution in [1.82, 2.24) is 20.0 Å². The molecule has 1 aliphatic rings. The molecule has 0 unspecified atom stereocenters. The van der Waals surface area contributed by atoms with Gasteiger partial charge in [-0.05, 0) is 61.4 Å². The van der Waals surface area contributed by atoms with Gasteiger partial charge in [0.25, 0.3) is 11.5 Å². The van der Waals surface area contributed by atoms with E-state index in [0.29, 0.717) is 22.9 Å². The Morgan fingerprint density at radius 3 is 2.66 bits per heavy atom. The number of H-pyrrole nitrogens is 1. The monoisotopic (exact) mass is 488 g/mol. The van der Waals surface area contributed by atoms with Crippen molar-refractivity contribution in [2.75, 3.05) is 10.6 Å². The highest BCUT2D eigenvalue weighted by atomic mass is 32.1. The number of aryl methyl sites for hydroxylation is 2. The second kappa shape index (κ2) is 8.49. The molecule has 0 bridgehead atoms. The maximum absolute atomic E-state index is 13.0. The topological polar surface area (TPSA) is 105 Å². The van der Waals surface area contributed by atoms with E-state index < -0.39 is 0 Å². The molecule has 35 heavy (non-hydrogen) atoms. The smallest absolute Gasteiger partial charge is 0.287 e. The third-order valence-corrected chi connectivity index (χ3v) is 7.64. The molecule has 0 radical (unpaired) electrons. The highest BCUT2D eigenvalue weighted by Gasteiger charge is 2.31. The normalized spacial score (nSPS) is 14.1. The standard InChI is InChI=1S/C26H28N6O2S/c1-14-9-23(31-32(14)5)27-20-11-19(29-30-24(20)33)17-7-6-8-18(15(17)2)28-25(34)21-10-16-12-26(3,4)13-22(16)35-21/h6-11H,12-13H2,1-5H3,(H,28,34)(H,30,33)(H,27,29,31). The third kappa shape index (κ3) is 4.51. The second-order valence-electron chi connectivity index (χ2n) is 9.92. The average molecular weight is 489 g/mol. The number of benzene rings is 1. The molecular weight excluding hydrogens is 460 g/mol. The number of fused-ring (bicyclic) bond motifs is 1. The van der Waals surface area contributed by atoms with Crippen LogP contribution in [0.1, 0.15) is 45.2 Å². The van der Waals surface area contributed by atoms with Gasteiger partial charge >= 0.3 is 0 Å². The Kier molecular flexibility index (Phi) is 5.59. The summed E-state index contributed by atoms with van der Waals surface area (Å²) in [5.74, 6) is 0.473. The molecule has 4 aromatic rings. The number of nitrogens with zero attached hydrogens (tertiary/aromatic N) is 3. The van der Waals surface area contributed by atoms with Crippen molar-refractivity contribution in [3.63, 3.8) is 0 Å². The molecule has 1 aromatic carbocycles. The van der Waals surface area contributed by atoms with E-state index in [1.807, 2.05) is 51.2 Å². The number of hydrogen-bond acceptors (Lipinski definition) is 6. The van der Waals surface area contributed by atoms with E-state index in [1.54, 1.807) is 22.1 Å². The van der Waals surface area contributed by atoms with Gasteiger partial charge in [0.15, 0.2) is 5.82 Å². The largest absolute Gasteiger partial charge is 0.334 e. The lowest BCUT2D eigenvalue weighted by Gasteiger charge is -2.15. The number of rotatable bonds is 5. The summed E-state index contributed by atoms with van der Waals surface area (Å²) >= 11 is 1.59. The minimum atomic E-state index is -0.340. The quantitative estimate of drug-likeness (QED) is 0.368. The zero-order valence-corrected chi connectivity index (χ0v) is 21.3. The molecule has 3 heterocycles. The van der Waals surface area contributed by atoms with E-state index in [-0.39, 0.29) is 16.9 Å². The highest BCUT2D eigenvalue weighted by Crippen LogP contribution is 2.41. The van der Waals surface area contributed by atoms with Crippen molar-refractivity contribution in [3.8, 4) is 11.3 Å². The number of carbonyl (C=O) groups excluding carboxylic acids is 1. The number of carbonyl (C=O) groups is 1. The molecule has 0 aliphatic heterocycles. The predicted molar refractivity (Wildman–Crippen MR) is 140 cm³/mol. The van der Waals surface area contributed by atoms with Crippen LogP contribution in [0.2, 0.25) is 0 Å². The molecule has 0 saturated heterocycles. The Morgan fingerprint density at radius 2 is 1.94 bits per heavy atom. The Bertz CT molecular complexity index is 1470. The highest BCUT2D eigenvalue weighted by molar-refractivity contribution is 7.14. The van der Waals surface area contributed by atoms with Gasteiger partial charge in [-0.2, -0.15) is 10.2 Å². The number of thiophene rings is 1. The van der Waals surface area contributed by atoms with E-state index in [9.17, 15) is 9.59 Å². The summed E-state index contributed by atoms with van der Waals surface area (Å²) in [5.41, 5.74) is 5.52. The second-order valence-corrected chi connectivity index (χ2v) is 11.1. The molecule has 180 valence electrons. The van der Waals surface area contributed by atoms with Crippen molar-refractivity contribution in [2.24, 2.45) is 12.5 Å². The molecule has 0 spiro atoms. The first-order valence-corrected chi connectivity index (χ1v) is 12.3. The van der Waals surface area contributed by atoms with E-state index in [2.05, 4.69) is 39.8 Å². The van der Waals surface area contributed by atoms with Gasteiger partial charge < -0.3 is 10.6 Å². The van der Waals surface area contributed by atoms with Gasteiger partial charge in [-0.25, -0.2) is 5.10 Å². The molecule has 1 amide bonds. The van der Waals surface area contributed by atoms with Crippen LogP contribution in [-0.4, -0.2) is 25.9 Å². The molecular formula is C26H28N6O2S. The molecule has 0 saturated carbocycles.